The van der Waals surface area contributed by atoms with Crippen LogP contribution >= 0.6 is 23.1 Å². The zero-order valence-electron chi connectivity index (χ0n) is 10.0. The molecule has 1 aromatic rings. The number of amides is 1. The van der Waals surface area contributed by atoms with Crippen molar-refractivity contribution in [1.29, 1.82) is 5.26 Å². The lowest BCUT2D eigenvalue weighted by molar-refractivity contribution is -0.118. The second-order valence-electron chi connectivity index (χ2n) is 3.43. The summed E-state index contributed by atoms with van der Waals surface area (Å²) < 4.78 is 0.772. The molecular weight excluding hydrogens is 268 g/mol. The normalized spacial score (nSPS) is 11.6. The Morgan fingerprint density at radius 2 is 2.50 bits per heavy atom. The zero-order chi connectivity index (χ0) is 13.4. The molecule has 0 aliphatic heterocycles. The fraction of sp³-hybridized carbons (Fsp3) is 0.455. The second kappa shape index (κ2) is 7.84. The third-order valence-electron chi connectivity index (χ3n) is 2.01. The zero-order valence-corrected chi connectivity index (χ0v) is 11.7. The Balaban J connectivity index is 2.56. The number of thioether (sulfide) groups is 1. The van der Waals surface area contributed by atoms with Crippen molar-refractivity contribution in [3.05, 3.63) is 12.7 Å². The van der Waals surface area contributed by atoms with Crippen LogP contribution in [-0.2, 0) is 4.79 Å². The maximum Gasteiger partial charge on any atom is 0.243 e. The minimum Gasteiger partial charge on any atom is -0.299 e. The van der Waals surface area contributed by atoms with Crippen LogP contribution in [0.2, 0.25) is 0 Å². The first-order valence-electron chi connectivity index (χ1n) is 5.49. The fourth-order valence-corrected chi connectivity index (χ4v) is 2.70. The van der Waals surface area contributed by atoms with Crippen LogP contribution in [0.25, 0.3) is 0 Å². The van der Waals surface area contributed by atoms with Gasteiger partial charge in [-0.25, -0.2) is 0 Å². The lowest BCUT2D eigenvalue weighted by atomic mass is 10.1. The summed E-state index contributed by atoms with van der Waals surface area (Å²) in [6.45, 7) is 5.55. The molecule has 0 saturated heterocycles. The molecule has 1 rings (SSSR count). The van der Waals surface area contributed by atoms with E-state index in [1.54, 1.807) is 6.08 Å². The quantitative estimate of drug-likeness (QED) is 0.472. The van der Waals surface area contributed by atoms with Crippen LogP contribution in [0.4, 0.5) is 5.13 Å². The first-order valence-corrected chi connectivity index (χ1v) is 7.29. The minimum atomic E-state index is -0.622. The third-order valence-corrected chi connectivity index (χ3v) is 3.98. The van der Waals surface area contributed by atoms with Crippen molar-refractivity contribution in [3.8, 4) is 6.07 Å². The molecule has 0 radical (unpaired) electrons. The lowest BCUT2D eigenvalue weighted by Gasteiger charge is -2.05. The highest BCUT2D eigenvalue weighted by Crippen LogP contribution is 2.25. The molecular formula is C11H14N4OS2. The SMILES string of the molecule is C=CCSc1nnc(NC(=O)C(C#N)CCC)s1. The molecule has 0 bridgehead atoms. The number of carbonyl (C=O) groups is 1. The Hall–Kier alpha value is -1.39. The van der Waals surface area contributed by atoms with Gasteiger partial charge in [0.2, 0.25) is 11.0 Å². The molecule has 1 heterocycles. The molecule has 0 aliphatic rings. The summed E-state index contributed by atoms with van der Waals surface area (Å²) in [5.74, 6) is -0.182. The molecule has 0 aromatic carbocycles. The van der Waals surface area contributed by atoms with Gasteiger partial charge >= 0.3 is 0 Å². The molecule has 1 amide bonds. The van der Waals surface area contributed by atoms with Gasteiger partial charge in [-0.15, -0.1) is 16.8 Å². The number of carbonyl (C=O) groups excluding carboxylic acids is 1. The number of hydrogen-bond acceptors (Lipinski definition) is 6. The minimum absolute atomic E-state index is 0.309. The highest BCUT2D eigenvalue weighted by Gasteiger charge is 2.18. The number of anilines is 1. The van der Waals surface area contributed by atoms with Gasteiger partial charge in [-0.3, -0.25) is 10.1 Å². The largest absolute Gasteiger partial charge is 0.299 e. The number of aromatic nitrogens is 2. The van der Waals surface area contributed by atoms with Crippen LogP contribution in [0, 0.1) is 17.2 Å². The van der Waals surface area contributed by atoms with Gasteiger partial charge in [0.25, 0.3) is 0 Å². The molecule has 0 saturated carbocycles. The first kappa shape index (κ1) is 14.7. The average molecular weight is 282 g/mol. The van der Waals surface area contributed by atoms with Crippen molar-refractivity contribution >= 4 is 34.1 Å². The van der Waals surface area contributed by atoms with Crippen LogP contribution in [0.1, 0.15) is 19.8 Å². The summed E-state index contributed by atoms with van der Waals surface area (Å²) in [6.07, 6.45) is 3.12. The molecule has 1 N–H and O–H groups in total. The topological polar surface area (TPSA) is 78.7 Å². The molecule has 7 heteroatoms. The molecule has 1 unspecified atom stereocenters. The summed E-state index contributed by atoms with van der Waals surface area (Å²) >= 11 is 2.80. The smallest absolute Gasteiger partial charge is 0.243 e. The van der Waals surface area contributed by atoms with Gasteiger partial charge < -0.3 is 0 Å². The summed E-state index contributed by atoms with van der Waals surface area (Å²) in [7, 11) is 0. The van der Waals surface area contributed by atoms with E-state index in [9.17, 15) is 4.79 Å². The standard InChI is InChI=1S/C11H14N4OS2/c1-3-5-8(7-12)9(16)13-10-14-15-11(18-10)17-6-4-2/h4,8H,2-3,5-6H2,1H3,(H,13,14,16). The van der Waals surface area contributed by atoms with Gasteiger partial charge in [0.1, 0.15) is 5.92 Å². The van der Waals surface area contributed by atoms with Gasteiger partial charge in [-0.05, 0) is 6.42 Å². The van der Waals surface area contributed by atoms with E-state index in [0.29, 0.717) is 11.6 Å². The summed E-state index contributed by atoms with van der Waals surface area (Å²) in [4.78, 5) is 11.7. The fourth-order valence-electron chi connectivity index (χ4n) is 1.18. The molecule has 5 nitrogen and oxygen atoms in total. The van der Waals surface area contributed by atoms with Crippen LogP contribution in [0.15, 0.2) is 17.0 Å². The van der Waals surface area contributed by atoms with E-state index in [2.05, 4.69) is 22.1 Å². The van der Waals surface area contributed by atoms with Crippen LogP contribution < -0.4 is 5.32 Å². The third kappa shape index (κ3) is 4.47. The number of hydrogen-bond donors (Lipinski definition) is 1. The van der Waals surface area contributed by atoms with Gasteiger partial charge in [0.15, 0.2) is 4.34 Å². The van der Waals surface area contributed by atoms with E-state index in [1.165, 1.54) is 23.1 Å². The van der Waals surface area contributed by atoms with Crippen molar-refractivity contribution < 1.29 is 4.79 Å². The van der Waals surface area contributed by atoms with E-state index in [0.717, 1.165) is 16.5 Å². The summed E-state index contributed by atoms with van der Waals surface area (Å²) in [5, 5.41) is 19.7. The molecule has 1 atom stereocenters. The van der Waals surface area contributed by atoms with E-state index < -0.39 is 5.92 Å². The predicted octanol–water partition coefficient (Wildman–Crippen LogP) is 2.69. The van der Waals surface area contributed by atoms with E-state index in [-0.39, 0.29) is 5.91 Å². The Bertz CT molecular complexity index is 452. The van der Waals surface area contributed by atoms with E-state index >= 15 is 0 Å². The predicted molar refractivity (Wildman–Crippen MR) is 73.5 cm³/mol. The highest BCUT2D eigenvalue weighted by atomic mass is 32.2. The second-order valence-corrected chi connectivity index (χ2v) is 5.68. The van der Waals surface area contributed by atoms with Gasteiger partial charge in [-0.2, -0.15) is 5.26 Å². The maximum atomic E-state index is 11.7. The van der Waals surface area contributed by atoms with Gasteiger partial charge in [0, 0.05) is 5.75 Å². The molecule has 0 fully saturated rings. The summed E-state index contributed by atoms with van der Waals surface area (Å²) in [6, 6.07) is 1.99. The molecule has 96 valence electrons. The Morgan fingerprint density at radius 1 is 1.72 bits per heavy atom. The van der Waals surface area contributed by atoms with Crippen LogP contribution in [0.5, 0.6) is 0 Å². The number of nitriles is 1. The monoisotopic (exact) mass is 282 g/mol. The molecule has 0 spiro atoms. The van der Waals surface area contributed by atoms with Crippen molar-refractivity contribution in [1.82, 2.24) is 10.2 Å². The maximum absolute atomic E-state index is 11.7. The van der Waals surface area contributed by atoms with Crippen molar-refractivity contribution in [2.75, 3.05) is 11.1 Å². The van der Waals surface area contributed by atoms with Crippen molar-refractivity contribution in [3.63, 3.8) is 0 Å². The number of nitrogens with one attached hydrogen (secondary N) is 1. The Labute approximate surface area is 114 Å². The lowest BCUT2D eigenvalue weighted by Crippen LogP contribution is -2.21. The van der Waals surface area contributed by atoms with E-state index in [1.807, 2.05) is 13.0 Å². The van der Waals surface area contributed by atoms with E-state index in [4.69, 9.17) is 5.26 Å². The molecule has 18 heavy (non-hydrogen) atoms. The number of nitrogens with zero attached hydrogens (tertiary/aromatic N) is 3. The van der Waals surface area contributed by atoms with Gasteiger partial charge in [0.05, 0.1) is 6.07 Å². The van der Waals surface area contributed by atoms with Crippen LogP contribution in [0.3, 0.4) is 0 Å². The van der Waals surface area contributed by atoms with Gasteiger partial charge in [-0.1, -0.05) is 42.5 Å². The Morgan fingerprint density at radius 3 is 3.11 bits per heavy atom. The molecule has 0 aliphatic carbocycles. The van der Waals surface area contributed by atoms with Crippen molar-refractivity contribution in [2.24, 2.45) is 5.92 Å². The molecule has 1 aromatic heterocycles. The average Bonchev–Trinajstić information content (AvgIpc) is 2.80. The highest BCUT2D eigenvalue weighted by molar-refractivity contribution is 8.01. The number of rotatable bonds is 7. The Kier molecular flexibility index (Phi) is 6.39. The van der Waals surface area contributed by atoms with Crippen LogP contribution in [-0.4, -0.2) is 21.9 Å². The first-order chi connectivity index (χ1) is 8.71. The van der Waals surface area contributed by atoms with Crippen molar-refractivity contribution in [2.45, 2.75) is 24.1 Å². The summed E-state index contributed by atoms with van der Waals surface area (Å²) in [5.41, 5.74) is 0.